The largest absolute Gasteiger partial charge is 0.481 e. The van der Waals surface area contributed by atoms with Crippen LogP contribution in [-0.2, 0) is 4.79 Å². The Balaban J connectivity index is 0. The molecule has 0 bridgehead atoms. The first-order valence-corrected chi connectivity index (χ1v) is 10.5. The van der Waals surface area contributed by atoms with E-state index in [-0.39, 0.29) is 6.61 Å². The van der Waals surface area contributed by atoms with Gasteiger partial charge in [0.2, 0.25) is 0 Å². The first-order chi connectivity index (χ1) is 11.8. The van der Waals surface area contributed by atoms with Crippen LogP contribution >= 0.6 is 0 Å². The number of nitrogens with zero attached hydrogens (tertiary/aromatic N) is 1. The summed E-state index contributed by atoms with van der Waals surface area (Å²) < 4.78 is 0.844. The van der Waals surface area contributed by atoms with E-state index < -0.39 is 5.97 Å². The SMILES string of the molecule is CCCCCCCCCCCCCCCC(=O)O.C[N+](C)(C)CCO. The van der Waals surface area contributed by atoms with Crippen molar-refractivity contribution in [3.05, 3.63) is 0 Å². The minimum Gasteiger partial charge on any atom is -0.481 e. The van der Waals surface area contributed by atoms with Crippen molar-refractivity contribution >= 4 is 5.97 Å². The Kier molecular flexibility index (Phi) is 21.0. The van der Waals surface area contributed by atoms with Crippen LogP contribution in [0.2, 0.25) is 0 Å². The quantitative estimate of drug-likeness (QED) is 0.292. The van der Waals surface area contributed by atoms with Crippen LogP contribution in [0.4, 0.5) is 0 Å². The van der Waals surface area contributed by atoms with Crippen LogP contribution in [0.1, 0.15) is 96.8 Å². The first kappa shape index (κ1) is 26.6. The fraction of sp³-hybridized carbons (Fsp3) is 0.952. The van der Waals surface area contributed by atoms with Crippen LogP contribution in [0, 0.1) is 0 Å². The van der Waals surface area contributed by atoms with Crippen molar-refractivity contribution in [1.29, 1.82) is 0 Å². The summed E-state index contributed by atoms with van der Waals surface area (Å²) in [5.41, 5.74) is 0. The van der Waals surface area contributed by atoms with Crippen LogP contribution < -0.4 is 0 Å². The number of likely N-dealkylation sites (N-methyl/N-ethyl adjacent to an activating group) is 1. The molecule has 0 atom stereocenters. The number of quaternary nitrogens is 1. The zero-order valence-corrected chi connectivity index (χ0v) is 17.6. The Morgan fingerprint density at radius 1 is 0.720 bits per heavy atom. The van der Waals surface area contributed by atoms with Crippen molar-refractivity contribution in [3.8, 4) is 0 Å². The maximum Gasteiger partial charge on any atom is 0.303 e. The van der Waals surface area contributed by atoms with E-state index in [1.807, 2.05) is 0 Å². The number of aliphatic hydroxyl groups is 1. The minimum atomic E-state index is -0.655. The second kappa shape index (κ2) is 19.7. The van der Waals surface area contributed by atoms with Crippen molar-refractivity contribution in [2.45, 2.75) is 96.8 Å². The third-order valence-electron chi connectivity index (χ3n) is 4.27. The predicted molar refractivity (Wildman–Crippen MR) is 108 cm³/mol. The third kappa shape index (κ3) is 31.6. The summed E-state index contributed by atoms with van der Waals surface area (Å²) in [7, 11) is 6.16. The van der Waals surface area contributed by atoms with Crippen LogP contribution in [0.25, 0.3) is 0 Å². The fourth-order valence-corrected chi connectivity index (χ4v) is 2.59. The molecule has 4 nitrogen and oxygen atoms in total. The normalized spacial score (nSPS) is 11.1. The van der Waals surface area contributed by atoms with Gasteiger partial charge in [-0.3, -0.25) is 4.79 Å². The van der Waals surface area contributed by atoms with E-state index in [0.717, 1.165) is 23.9 Å². The molecule has 0 aromatic rings. The molecular weight excluding hydrogens is 314 g/mol. The van der Waals surface area contributed by atoms with Crippen molar-refractivity contribution in [2.24, 2.45) is 0 Å². The van der Waals surface area contributed by atoms with Crippen LogP contribution in [0.3, 0.4) is 0 Å². The molecule has 0 heterocycles. The Hall–Kier alpha value is -0.610. The van der Waals surface area contributed by atoms with Gasteiger partial charge in [-0.2, -0.15) is 0 Å². The Bertz CT molecular complexity index is 275. The van der Waals surface area contributed by atoms with Gasteiger partial charge >= 0.3 is 5.97 Å². The van der Waals surface area contributed by atoms with E-state index in [0.29, 0.717) is 6.42 Å². The highest BCUT2D eigenvalue weighted by atomic mass is 16.4. The van der Waals surface area contributed by atoms with E-state index in [2.05, 4.69) is 28.1 Å². The molecule has 152 valence electrons. The highest BCUT2D eigenvalue weighted by Crippen LogP contribution is 2.12. The molecule has 0 aliphatic heterocycles. The number of aliphatic hydroxyl groups excluding tert-OH is 1. The van der Waals surface area contributed by atoms with Gasteiger partial charge in [-0.1, -0.05) is 84.0 Å². The minimum absolute atomic E-state index is 0.281. The lowest BCUT2D eigenvalue weighted by Gasteiger charge is -2.21. The van der Waals surface area contributed by atoms with Crippen LogP contribution in [-0.4, -0.2) is 55.0 Å². The molecule has 25 heavy (non-hydrogen) atoms. The molecule has 0 unspecified atom stereocenters. The molecule has 0 saturated carbocycles. The number of carboxylic acids is 1. The molecule has 4 heteroatoms. The van der Waals surface area contributed by atoms with Gasteiger partial charge in [0.25, 0.3) is 0 Å². The summed E-state index contributed by atoms with van der Waals surface area (Å²) in [4.78, 5) is 10.3. The number of aliphatic carboxylic acids is 1. The maximum absolute atomic E-state index is 10.3. The molecule has 0 saturated heterocycles. The maximum atomic E-state index is 10.3. The zero-order chi connectivity index (χ0) is 19.4. The van der Waals surface area contributed by atoms with Gasteiger partial charge in [-0.15, -0.1) is 0 Å². The fourth-order valence-electron chi connectivity index (χ4n) is 2.59. The topological polar surface area (TPSA) is 57.5 Å². The molecule has 2 N–H and O–H groups in total. The zero-order valence-electron chi connectivity index (χ0n) is 17.6. The van der Waals surface area contributed by atoms with Crippen LogP contribution in [0.15, 0.2) is 0 Å². The van der Waals surface area contributed by atoms with Gasteiger partial charge in [0.05, 0.1) is 27.7 Å². The summed E-state index contributed by atoms with van der Waals surface area (Å²) in [6.07, 6.45) is 17.3. The average Bonchev–Trinajstić information content (AvgIpc) is 2.51. The summed E-state index contributed by atoms with van der Waals surface area (Å²) in [5, 5.41) is 16.9. The second-order valence-corrected chi connectivity index (χ2v) is 8.12. The van der Waals surface area contributed by atoms with Gasteiger partial charge < -0.3 is 14.7 Å². The summed E-state index contributed by atoms with van der Waals surface area (Å²) >= 11 is 0. The number of rotatable bonds is 16. The number of carboxylic acid groups (broad SMARTS) is 1. The summed E-state index contributed by atoms with van der Waals surface area (Å²) in [6, 6.07) is 0. The van der Waals surface area contributed by atoms with E-state index >= 15 is 0 Å². The monoisotopic (exact) mass is 360 g/mol. The molecule has 0 aliphatic carbocycles. The lowest BCUT2D eigenvalue weighted by atomic mass is 10.0. The summed E-state index contributed by atoms with van der Waals surface area (Å²) in [6.45, 7) is 3.37. The number of carbonyl (C=O) groups is 1. The first-order valence-electron chi connectivity index (χ1n) is 10.5. The molecule has 0 radical (unpaired) electrons. The Morgan fingerprint density at radius 3 is 1.32 bits per heavy atom. The van der Waals surface area contributed by atoms with Gasteiger partial charge in [-0.05, 0) is 6.42 Å². The van der Waals surface area contributed by atoms with Crippen molar-refractivity contribution in [1.82, 2.24) is 0 Å². The standard InChI is InChI=1S/C16H32O2.C5H14NO/c1-2-3-4-5-6-7-8-9-10-11-12-13-14-15-16(17)18;1-6(2,3)4-5-7/h2-15H2,1H3,(H,17,18);7H,4-5H2,1-3H3/q;+1. The van der Waals surface area contributed by atoms with Crippen LogP contribution in [0.5, 0.6) is 0 Å². The highest BCUT2D eigenvalue weighted by molar-refractivity contribution is 5.66. The number of hydrogen-bond donors (Lipinski definition) is 2. The van der Waals surface area contributed by atoms with Gasteiger partial charge in [0.1, 0.15) is 6.54 Å². The Morgan fingerprint density at radius 2 is 1.08 bits per heavy atom. The van der Waals surface area contributed by atoms with E-state index in [1.54, 1.807) is 0 Å². The molecule has 0 amide bonds. The molecule has 0 rings (SSSR count). The van der Waals surface area contributed by atoms with Gasteiger partial charge in [0.15, 0.2) is 0 Å². The van der Waals surface area contributed by atoms with Gasteiger partial charge in [0, 0.05) is 6.42 Å². The van der Waals surface area contributed by atoms with E-state index in [9.17, 15) is 4.79 Å². The van der Waals surface area contributed by atoms with E-state index in [1.165, 1.54) is 70.6 Å². The predicted octanol–water partition coefficient (Wildman–Crippen LogP) is 5.24. The second-order valence-electron chi connectivity index (χ2n) is 8.12. The molecule has 0 aromatic heterocycles. The molecule has 0 aliphatic rings. The van der Waals surface area contributed by atoms with Crippen molar-refractivity contribution in [3.63, 3.8) is 0 Å². The summed E-state index contributed by atoms with van der Waals surface area (Å²) in [5.74, 6) is -0.655. The lowest BCUT2D eigenvalue weighted by Crippen LogP contribution is -2.36. The molecule has 0 aromatic carbocycles. The molecule has 0 spiro atoms. The molecule has 0 fully saturated rings. The smallest absolute Gasteiger partial charge is 0.303 e. The van der Waals surface area contributed by atoms with Gasteiger partial charge in [-0.25, -0.2) is 0 Å². The number of hydrogen-bond acceptors (Lipinski definition) is 2. The molecular formula is C21H46NO3+. The Labute approximate surface area is 157 Å². The van der Waals surface area contributed by atoms with E-state index in [4.69, 9.17) is 10.2 Å². The number of unbranched alkanes of at least 4 members (excludes halogenated alkanes) is 12. The van der Waals surface area contributed by atoms with Crippen molar-refractivity contribution < 1.29 is 19.5 Å². The third-order valence-corrected chi connectivity index (χ3v) is 4.27. The van der Waals surface area contributed by atoms with Crippen molar-refractivity contribution in [2.75, 3.05) is 34.3 Å². The average molecular weight is 361 g/mol. The lowest BCUT2D eigenvalue weighted by molar-refractivity contribution is -0.870. The highest BCUT2D eigenvalue weighted by Gasteiger charge is 2.02.